The SMILES string of the molecule is Cn1c(=O)c2c(ncn2CC(=O)Nc2ccccc2C2CCCC2)n(C)c1=O. The lowest BCUT2D eigenvalue weighted by molar-refractivity contribution is -0.116. The van der Waals surface area contributed by atoms with E-state index in [1.807, 2.05) is 18.2 Å². The zero-order chi connectivity index (χ0) is 19.8. The zero-order valence-corrected chi connectivity index (χ0v) is 16.0. The molecule has 4 rings (SSSR count). The molecule has 0 saturated heterocycles. The molecule has 1 saturated carbocycles. The molecule has 0 bridgehead atoms. The van der Waals surface area contributed by atoms with Gasteiger partial charge in [0.1, 0.15) is 6.54 Å². The largest absolute Gasteiger partial charge is 0.332 e. The molecule has 1 N–H and O–H groups in total. The van der Waals surface area contributed by atoms with Crippen LogP contribution in [0.4, 0.5) is 5.69 Å². The first-order chi connectivity index (χ1) is 13.5. The van der Waals surface area contributed by atoms with Gasteiger partial charge in [0.15, 0.2) is 11.2 Å². The summed E-state index contributed by atoms with van der Waals surface area (Å²) in [6, 6.07) is 7.90. The Morgan fingerprint density at radius 1 is 1.14 bits per heavy atom. The van der Waals surface area contributed by atoms with Crippen molar-refractivity contribution in [2.45, 2.75) is 38.1 Å². The van der Waals surface area contributed by atoms with Crippen LogP contribution in [0.5, 0.6) is 0 Å². The first-order valence-electron chi connectivity index (χ1n) is 9.47. The molecule has 0 unspecified atom stereocenters. The first kappa shape index (κ1) is 18.2. The van der Waals surface area contributed by atoms with Crippen molar-refractivity contribution in [2.75, 3.05) is 5.32 Å². The maximum absolute atomic E-state index is 12.7. The molecule has 1 aliphatic rings. The van der Waals surface area contributed by atoms with E-state index in [0.717, 1.165) is 23.1 Å². The predicted molar refractivity (Wildman–Crippen MR) is 106 cm³/mol. The van der Waals surface area contributed by atoms with Gasteiger partial charge in [0, 0.05) is 19.8 Å². The Morgan fingerprint density at radius 2 is 1.86 bits per heavy atom. The Labute approximate surface area is 161 Å². The van der Waals surface area contributed by atoms with Crippen molar-refractivity contribution in [3.05, 3.63) is 57.0 Å². The number of amides is 1. The number of aryl methyl sites for hydroxylation is 1. The molecule has 1 aromatic carbocycles. The highest BCUT2D eigenvalue weighted by Gasteiger charge is 2.21. The Hall–Kier alpha value is -3.16. The molecular weight excluding hydrogens is 358 g/mol. The molecule has 2 heterocycles. The molecule has 1 fully saturated rings. The van der Waals surface area contributed by atoms with Gasteiger partial charge >= 0.3 is 5.69 Å². The minimum atomic E-state index is -0.463. The van der Waals surface area contributed by atoms with E-state index in [2.05, 4.69) is 16.4 Å². The Kier molecular flexibility index (Phi) is 4.62. The average molecular weight is 381 g/mol. The van der Waals surface area contributed by atoms with Crippen molar-refractivity contribution in [3.63, 3.8) is 0 Å². The summed E-state index contributed by atoms with van der Waals surface area (Å²) < 4.78 is 3.82. The number of rotatable bonds is 4. The fourth-order valence-electron chi connectivity index (χ4n) is 4.06. The smallest absolute Gasteiger partial charge is 0.324 e. The standard InChI is InChI=1S/C20H23N5O3/c1-23-18-17(19(27)24(2)20(23)28)25(12-21-18)11-16(26)22-15-10-6-5-9-14(15)13-7-3-4-8-13/h5-6,9-10,12-13H,3-4,7-8,11H2,1-2H3,(H,22,26). The van der Waals surface area contributed by atoms with Crippen LogP contribution >= 0.6 is 0 Å². The van der Waals surface area contributed by atoms with Crippen molar-refractivity contribution in [1.82, 2.24) is 18.7 Å². The molecule has 1 amide bonds. The minimum absolute atomic E-state index is 0.0526. The molecule has 0 aliphatic heterocycles. The van der Waals surface area contributed by atoms with Crippen molar-refractivity contribution in [3.8, 4) is 0 Å². The Morgan fingerprint density at radius 3 is 2.61 bits per heavy atom. The van der Waals surface area contributed by atoms with Gasteiger partial charge in [0.05, 0.1) is 6.33 Å². The number of aromatic nitrogens is 4. The molecule has 8 nitrogen and oxygen atoms in total. The number of carbonyl (C=O) groups is 1. The molecule has 146 valence electrons. The highest BCUT2D eigenvalue weighted by molar-refractivity contribution is 5.92. The van der Waals surface area contributed by atoms with Gasteiger partial charge in [0.25, 0.3) is 5.56 Å². The monoisotopic (exact) mass is 381 g/mol. The maximum atomic E-state index is 12.7. The van der Waals surface area contributed by atoms with E-state index in [1.165, 1.54) is 40.9 Å². The van der Waals surface area contributed by atoms with E-state index in [1.54, 1.807) is 7.05 Å². The van der Waals surface area contributed by atoms with Crippen LogP contribution in [0.3, 0.4) is 0 Å². The van der Waals surface area contributed by atoms with Gasteiger partial charge in [-0.1, -0.05) is 31.0 Å². The van der Waals surface area contributed by atoms with Crippen molar-refractivity contribution in [1.29, 1.82) is 0 Å². The normalized spacial score (nSPS) is 14.6. The van der Waals surface area contributed by atoms with Gasteiger partial charge in [-0.25, -0.2) is 9.78 Å². The summed E-state index contributed by atoms with van der Waals surface area (Å²) in [7, 11) is 2.97. The quantitative estimate of drug-likeness (QED) is 0.745. The molecule has 2 aromatic heterocycles. The summed E-state index contributed by atoms with van der Waals surface area (Å²) in [6.45, 7) is -0.0526. The molecule has 0 atom stereocenters. The fourth-order valence-corrected chi connectivity index (χ4v) is 4.06. The maximum Gasteiger partial charge on any atom is 0.332 e. The third kappa shape index (κ3) is 3.04. The minimum Gasteiger partial charge on any atom is -0.324 e. The Bertz CT molecular complexity index is 1160. The number of anilines is 1. The van der Waals surface area contributed by atoms with Gasteiger partial charge in [0.2, 0.25) is 5.91 Å². The molecule has 1 aliphatic carbocycles. The lowest BCUT2D eigenvalue weighted by Crippen LogP contribution is -2.37. The summed E-state index contributed by atoms with van der Waals surface area (Å²) in [5.41, 5.74) is 1.59. The molecule has 3 aromatic rings. The Balaban J connectivity index is 1.62. The molecule has 28 heavy (non-hydrogen) atoms. The fraction of sp³-hybridized carbons (Fsp3) is 0.400. The van der Waals surface area contributed by atoms with E-state index in [0.29, 0.717) is 5.92 Å². The highest BCUT2D eigenvalue weighted by atomic mass is 16.2. The molecule has 0 spiro atoms. The summed E-state index contributed by atoms with van der Waals surface area (Å²) in [5.74, 6) is 0.244. The van der Waals surface area contributed by atoms with Crippen LogP contribution in [-0.2, 0) is 25.4 Å². The van der Waals surface area contributed by atoms with Gasteiger partial charge in [-0.3, -0.25) is 18.7 Å². The second-order valence-electron chi connectivity index (χ2n) is 7.37. The summed E-state index contributed by atoms with van der Waals surface area (Å²) >= 11 is 0. The van der Waals surface area contributed by atoms with E-state index in [-0.39, 0.29) is 23.6 Å². The van der Waals surface area contributed by atoms with E-state index in [9.17, 15) is 14.4 Å². The topological polar surface area (TPSA) is 90.9 Å². The summed E-state index contributed by atoms with van der Waals surface area (Å²) in [5, 5.41) is 2.99. The van der Waals surface area contributed by atoms with E-state index in [4.69, 9.17) is 0 Å². The number of imidazole rings is 1. The van der Waals surface area contributed by atoms with E-state index >= 15 is 0 Å². The number of hydrogen-bond acceptors (Lipinski definition) is 4. The third-order valence-corrected chi connectivity index (χ3v) is 5.56. The van der Waals surface area contributed by atoms with Crippen LogP contribution in [-0.4, -0.2) is 24.6 Å². The van der Waals surface area contributed by atoms with Crippen LogP contribution in [0.2, 0.25) is 0 Å². The number of para-hydroxylation sites is 1. The molecule has 8 heteroatoms. The first-order valence-corrected chi connectivity index (χ1v) is 9.47. The number of hydrogen-bond donors (Lipinski definition) is 1. The number of benzene rings is 1. The van der Waals surface area contributed by atoms with Crippen LogP contribution < -0.4 is 16.6 Å². The third-order valence-electron chi connectivity index (χ3n) is 5.56. The van der Waals surface area contributed by atoms with Crippen LogP contribution in [0.15, 0.2) is 40.2 Å². The highest BCUT2D eigenvalue weighted by Crippen LogP contribution is 2.37. The van der Waals surface area contributed by atoms with Gasteiger partial charge < -0.3 is 9.88 Å². The second-order valence-corrected chi connectivity index (χ2v) is 7.37. The number of fused-ring (bicyclic) bond motifs is 1. The molecular formula is C20H23N5O3. The van der Waals surface area contributed by atoms with Crippen molar-refractivity contribution >= 4 is 22.8 Å². The summed E-state index contributed by atoms with van der Waals surface area (Å²) in [4.78, 5) is 41.4. The second kappa shape index (κ2) is 7.10. The summed E-state index contributed by atoms with van der Waals surface area (Å²) in [6.07, 6.45) is 6.15. The lowest BCUT2D eigenvalue weighted by atomic mass is 9.96. The van der Waals surface area contributed by atoms with Gasteiger partial charge in [-0.2, -0.15) is 0 Å². The lowest BCUT2D eigenvalue weighted by Gasteiger charge is -2.16. The van der Waals surface area contributed by atoms with Crippen LogP contribution in [0.1, 0.15) is 37.2 Å². The van der Waals surface area contributed by atoms with Crippen LogP contribution in [0, 0.1) is 0 Å². The van der Waals surface area contributed by atoms with Crippen molar-refractivity contribution < 1.29 is 4.79 Å². The van der Waals surface area contributed by atoms with Crippen molar-refractivity contribution in [2.24, 2.45) is 14.1 Å². The van der Waals surface area contributed by atoms with E-state index < -0.39 is 11.2 Å². The van der Waals surface area contributed by atoms with Gasteiger partial charge in [-0.05, 0) is 30.4 Å². The number of carbonyl (C=O) groups excluding carboxylic acids is 1. The number of nitrogens with zero attached hydrogens (tertiary/aromatic N) is 4. The molecule has 0 radical (unpaired) electrons. The average Bonchev–Trinajstić information content (AvgIpc) is 3.35. The predicted octanol–water partition coefficient (Wildman–Crippen LogP) is 1.73. The van der Waals surface area contributed by atoms with Gasteiger partial charge in [-0.15, -0.1) is 0 Å². The number of nitrogens with one attached hydrogen (secondary N) is 1. The van der Waals surface area contributed by atoms with Crippen LogP contribution in [0.25, 0.3) is 11.2 Å². The zero-order valence-electron chi connectivity index (χ0n) is 16.0.